The lowest BCUT2D eigenvalue weighted by atomic mass is 9.95. The van der Waals surface area contributed by atoms with Gasteiger partial charge in [0, 0.05) is 35.3 Å². The van der Waals surface area contributed by atoms with E-state index in [1.165, 1.54) is 49.6 Å². The van der Waals surface area contributed by atoms with Crippen LogP contribution in [0, 0.1) is 0 Å². The van der Waals surface area contributed by atoms with Gasteiger partial charge in [0.1, 0.15) is 11.8 Å². The second kappa shape index (κ2) is 10.6. The molecular weight excluding hydrogens is 494 g/mol. The van der Waals surface area contributed by atoms with Crippen LogP contribution in [0.25, 0.3) is 38.8 Å². The molecule has 0 atom stereocenters. The number of nitrogen functional groups attached to an aromatic ring is 1. The first kappa shape index (κ1) is 24.5. The summed E-state index contributed by atoms with van der Waals surface area (Å²) >= 11 is 0. The van der Waals surface area contributed by atoms with E-state index in [9.17, 15) is 0 Å². The van der Waals surface area contributed by atoms with Crippen molar-refractivity contribution in [2.24, 2.45) is 0 Å². The molecule has 3 heterocycles. The second-order valence-electron chi connectivity index (χ2n) is 10.8. The van der Waals surface area contributed by atoms with Crippen LogP contribution < -0.4 is 11.1 Å². The lowest BCUT2D eigenvalue weighted by molar-refractivity contribution is 0.372. The molecule has 0 bridgehead atoms. The molecule has 40 heavy (non-hydrogen) atoms. The SMILES string of the molecule is Nc1ncnn2c(-c3ccc(CNC4CCCCC4)cc3)cc(-c3ccc4cn(Cc5ccccc5)nc4c3)c12. The second-order valence-corrected chi connectivity index (χ2v) is 10.8. The van der Waals surface area contributed by atoms with Crippen molar-refractivity contribution in [1.29, 1.82) is 0 Å². The number of fused-ring (bicyclic) bond motifs is 2. The molecule has 7 heteroatoms. The summed E-state index contributed by atoms with van der Waals surface area (Å²) in [5.41, 5.74) is 14.8. The predicted molar refractivity (Wildman–Crippen MR) is 161 cm³/mol. The van der Waals surface area contributed by atoms with Crippen LogP contribution in [0.15, 0.2) is 91.4 Å². The molecule has 7 rings (SSSR count). The number of aromatic nitrogens is 5. The monoisotopic (exact) mass is 527 g/mol. The molecule has 0 aliphatic heterocycles. The van der Waals surface area contributed by atoms with E-state index in [2.05, 4.69) is 94.4 Å². The van der Waals surface area contributed by atoms with Gasteiger partial charge in [0.05, 0.1) is 17.8 Å². The highest BCUT2D eigenvalue weighted by Crippen LogP contribution is 2.35. The fraction of sp³-hybridized carbons (Fsp3) is 0.242. The average Bonchev–Trinajstić information content (AvgIpc) is 3.59. The Bertz CT molecular complexity index is 1760. The van der Waals surface area contributed by atoms with Crippen LogP contribution >= 0.6 is 0 Å². The highest BCUT2D eigenvalue weighted by molar-refractivity contribution is 5.94. The first-order valence-corrected chi connectivity index (χ1v) is 14.2. The van der Waals surface area contributed by atoms with Gasteiger partial charge in [0.2, 0.25) is 0 Å². The Morgan fingerprint density at radius 1 is 0.850 bits per heavy atom. The van der Waals surface area contributed by atoms with Crippen LogP contribution in [0.2, 0.25) is 0 Å². The molecule has 7 nitrogen and oxygen atoms in total. The van der Waals surface area contributed by atoms with Gasteiger partial charge in [-0.25, -0.2) is 9.50 Å². The van der Waals surface area contributed by atoms with Gasteiger partial charge in [-0.15, -0.1) is 0 Å². The van der Waals surface area contributed by atoms with Crippen molar-refractivity contribution in [1.82, 2.24) is 29.7 Å². The van der Waals surface area contributed by atoms with Crippen LogP contribution in [-0.4, -0.2) is 30.4 Å². The van der Waals surface area contributed by atoms with Crippen molar-refractivity contribution in [3.8, 4) is 22.4 Å². The Hall–Kier alpha value is -4.49. The maximum absolute atomic E-state index is 6.42. The minimum absolute atomic E-state index is 0.458. The van der Waals surface area contributed by atoms with E-state index in [0.29, 0.717) is 11.9 Å². The van der Waals surface area contributed by atoms with Crippen LogP contribution in [0.5, 0.6) is 0 Å². The van der Waals surface area contributed by atoms with Gasteiger partial charge in [0.25, 0.3) is 0 Å². The maximum Gasteiger partial charge on any atom is 0.152 e. The molecule has 3 N–H and O–H groups in total. The third-order valence-corrected chi connectivity index (χ3v) is 8.09. The zero-order valence-corrected chi connectivity index (χ0v) is 22.5. The zero-order valence-electron chi connectivity index (χ0n) is 22.5. The third kappa shape index (κ3) is 4.84. The Kier molecular flexibility index (Phi) is 6.49. The molecule has 0 radical (unpaired) electrons. The summed E-state index contributed by atoms with van der Waals surface area (Å²) in [6.07, 6.45) is 10.2. The van der Waals surface area contributed by atoms with Gasteiger partial charge in [-0.2, -0.15) is 10.2 Å². The van der Waals surface area contributed by atoms with E-state index in [-0.39, 0.29) is 0 Å². The quantitative estimate of drug-likeness (QED) is 0.249. The molecule has 3 aromatic heterocycles. The van der Waals surface area contributed by atoms with E-state index < -0.39 is 0 Å². The number of nitrogens with one attached hydrogen (secondary N) is 1. The Balaban J connectivity index is 1.20. The van der Waals surface area contributed by atoms with Crippen molar-refractivity contribution in [2.45, 2.75) is 51.2 Å². The number of rotatable bonds is 7. The molecule has 1 aliphatic rings. The Morgan fingerprint density at radius 3 is 2.48 bits per heavy atom. The molecule has 0 spiro atoms. The van der Waals surface area contributed by atoms with Crippen molar-refractivity contribution in [2.75, 3.05) is 5.73 Å². The highest BCUT2D eigenvalue weighted by Gasteiger charge is 2.18. The molecule has 6 aromatic rings. The first-order valence-electron chi connectivity index (χ1n) is 14.2. The molecule has 1 saturated carbocycles. The largest absolute Gasteiger partial charge is 0.382 e. The van der Waals surface area contributed by atoms with Crippen molar-refractivity contribution >= 4 is 22.2 Å². The highest BCUT2D eigenvalue weighted by atomic mass is 15.3. The number of nitrogens with zero attached hydrogens (tertiary/aromatic N) is 5. The van der Waals surface area contributed by atoms with E-state index in [0.717, 1.165) is 51.9 Å². The van der Waals surface area contributed by atoms with Crippen LogP contribution in [0.4, 0.5) is 5.82 Å². The minimum Gasteiger partial charge on any atom is -0.382 e. The standard InChI is InChI=1S/C33H33N7/c34-33-32-29(26-15-16-27-21-39(38-30(27)17-26)20-24-7-3-1-4-8-24)18-31(40(32)37-22-36-33)25-13-11-23(12-14-25)19-35-28-9-5-2-6-10-28/h1,3-4,7-8,11-18,21-22,28,35H,2,5-6,9-10,19-20H2,(H2,34,36,37). The molecule has 1 fully saturated rings. The molecule has 0 saturated heterocycles. The van der Waals surface area contributed by atoms with E-state index in [1.54, 1.807) is 0 Å². The summed E-state index contributed by atoms with van der Waals surface area (Å²) in [6, 6.07) is 28.3. The number of anilines is 1. The Morgan fingerprint density at radius 2 is 1.65 bits per heavy atom. The molecule has 0 unspecified atom stereocenters. The lowest BCUT2D eigenvalue weighted by Crippen LogP contribution is -2.30. The van der Waals surface area contributed by atoms with Crippen LogP contribution in [0.1, 0.15) is 43.2 Å². The predicted octanol–water partition coefficient (Wildman–Crippen LogP) is 6.47. The molecular formula is C33H33N7. The van der Waals surface area contributed by atoms with Gasteiger partial charge >= 0.3 is 0 Å². The summed E-state index contributed by atoms with van der Waals surface area (Å²) in [7, 11) is 0. The number of hydrogen-bond donors (Lipinski definition) is 2. The topological polar surface area (TPSA) is 86.1 Å². The summed E-state index contributed by atoms with van der Waals surface area (Å²) in [5.74, 6) is 0.458. The van der Waals surface area contributed by atoms with E-state index >= 15 is 0 Å². The van der Waals surface area contributed by atoms with Gasteiger partial charge in [-0.05, 0) is 41.7 Å². The summed E-state index contributed by atoms with van der Waals surface area (Å²) in [4.78, 5) is 4.31. The van der Waals surface area contributed by atoms with Crippen LogP contribution in [-0.2, 0) is 13.1 Å². The molecule has 3 aromatic carbocycles. The Labute approximate surface area is 233 Å². The van der Waals surface area contributed by atoms with Gasteiger partial charge in [-0.3, -0.25) is 4.68 Å². The normalized spacial score (nSPS) is 14.3. The maximum atomic E-state index is 6.42. The summed E-state index contributed by atoms with van der Waals surface area (Å²) < 4.78 is 3.90. The number of hydrogen-bond acceptors (Lipinski definition) is 5. The lowest BCUT2D eigenvalue weighted by Gasteiger charge is -2.22. The number of benzene rings is 3. The molecule has 0 amide bonds. The fourth-order valence-electron chi connectivity index (χ4n) is 5.94. The summed E-state index contributed by atoms with van der Waals surface area (Å²) in [6.45, 7) is 1.63. The smallest absolute Gasteiger partial charge is 0.152 e. The van der Waals surface area contributed by atoms with E-state index in [1.807, 2.05) is 15.3 Å². The van der Waals surface area contributed by atoms with Gasteiger partial charge < -0.3 is 11.1 Å². The molecule has 200 valence electrons. The van der Waals surface area contributed by atoms with Crippen molar-refractivity contribution in [3.05, 3.63) is 103 Å². The zero-order chi connectivity index (χ0) is 26.9. The van der Waals surface area contributed by atoms with Crippen molar-refractivity contribution in [3.63, 3.8) is 0 Å². The van der Waals surface area contributed by atoms with Gasteiger partial charge in [0.15, 0.2) is 5.82 Å². The van der Waals surface area contributed by atoms with E-state index in [4.69, 9.17) is 10.8 Å². The van der Waals surface area contributed by atoms with Crippen molar-refractivity contribution < 1.29 is 0 Å². The fourth-order valence-corrected chi connectivity index (χ4v) is 5.94. The number of nitrogens with two attached hydrogens (primary N) is 1. The van der Waals surface area contributed by atoms with Gasteiger partial charge in [-0.1, -0.05) is 86.0 Å². The minimum atomic E-state index is 0.458. The van der Waals surface area contributed by atoms with Crippen LogP contribution in [0.3, 0.4) is 0 Å². The average molecular weight is 528 g/mol. The first-order chi connectivity index (χ1) is 19.7. The molecule has 1 aliphatic carbocycles. The third-order valence-electron chi connectivity index (χ3n) is 8.09. The summed E-state index contributed by atoms with van der Waals surface area (Å²) in [5, 5.41) is 14.3.